The van der Waals surface area contributed by atoms with Gasteiger partial charge in [-0.2, -0.15) is 0 Å². The summed E-state index contributed by atoms with van der Waals surface area (Å²) in [5.74, 6) is -1.78. The van der Waals surface area contributed by atoms with Gasteiger partial charge in [0.15, 0.2) is 11.5 Å². The first-order valence-corrected chi connectivity index (χ1v) is 7.02. The lowest BCUT2D eigenvalue weighted by molar-refractivity contribution is 0.0692. The third-order valence-electron chi connectivity index (χ3n) is 3.80. The third-order valence-corrected chi connectivity index (χ3v) is 3.80. The number of carboxylic acids is 1. The minimum absolute atomic E-state index is 0.0467. The first kappa shape index (κ1) is 15.7. The van der Waals surface area contributed by atoms with Crippen LogP contribution in [0.5, 0.6) is 28.7 Å². The van der Waals surface area contributed by atoms with Crippen molar-refractivity contribution in [1.82, 2.24) is 0 Å². The van der Waals surface area contributed by atoms with Crippen LogP contribution in [0, 0.1) is 13.8 Å². The quantitative estimate of drug-likeness (QED) is 0.644. The summed E-state index contributed by atoms with van der Waals surface area (Å²) >= 11 is 0. The predicted octanol–water partition coefficient (Wildman–Crippen LogP) is 3.04. The van der Waals surface area contributed by atoms with Gasteiger partial charge in [-0.3, -0.25) is 0 Å². The standard InChI is InChI=1S/C17H14O7/c1-7-4-9(22-3)5-11-13(7)17(21)24-12-6-10(18)14(16(19)20)8(2)15(12)23-11/h4-6,18H,1-3H3,(H,19,20). The Balaban J connectivity index is 2.27. The molecule has 0 aliphatic carbocycles. The molecule has 0 atom stereocenters. The molecule has 0 saturated heterocycles. The van der Waals surface area contributed by atoms with Gasteiger partial charge in [-0.05, 0) is 25.5 Å². The molecule has 0 amide bonds. The topological polar surface area (TPSA) is 102 Å². The lowest BCUT2D eigenvalue weighted by Gasteiger charge is -2.14. The van der Waals surface area contributed by atoms with Gasteiger partial charge in [0.05, 0.1) is 7.11 Å². The Hall–Kier alpha value is -3.22. The fourth-order valence-corrected chi connectivity index (χ4v) is 2.67. The van der Waals surface area contributed by atoms with E-state index >= 15 is 0 Å². The number of ether oxygens (including phenoxy) is 3. The number of carbonyl (C=O) groups excluding carboxylic acids is 1. The first-order chi connectivity index (χ1) is 11.3. The molecule has 2 aromatic carbocycles. The Labute approximate surface area is 137 Å². The fraction of sp³-hybridized carbons (Fsp3) is 0.176. The van der Waals surface area contributed by atoms with Crippen LogP contribution in [0.25, 0.3) is 0 Å². The Morgan fingerprint density at radius 2 is 1.83 bits per heavy atom. The van der Waals surface area contributed by atoms with Crippen molar-refractivity contribution < 1.29 is 34.0 Å². The highest BCUT2D eigenvalue weighted by atomic mass is 16.6. The van der Waals surface area contributed by atoms with Gasteiger partial charge >= 0.3 is 11.9 Å². The zero-order chi connectivity index (χ0) is 17.6. The number of methoxy groups -OCH3 is 1. The van der Waals surface area contributed by atoms with E-state index in [0.29, 0.717) is 11.3 Å². The summed E-state index contributed by atoms with van der Waals surface area (Å²) in [6.45, 7) is 3.17. The van der Waals surface area contributed by atoms with Gasteiger partial charge in [-0.25, -0.2) is 9.59 Å². The van der Waals surface area contributed by atoms with Crippen LogP contribution in [0.4, 0.5) is 0 Å². The zero-order valence-electron chi connectivity index (χ0n) is 13.2. The van der Waals surface area contributed by atoms with Gasteiger partial charge in [0, 0.05) is 17.7 Å². The van der Waals surface area contributed by atoms with Crippen molar-refractivity contribution in [2.75, 3.05) is 7.11 Å². The number of aromatic hydroxyl groups is 1. The fourth-order valence-electron chi connectivity index (χ4n) is 2.67. The van der Waals surface area contributed by atoms with Gasteiger partial charge in [0.2, 0.25) is 0 Å². The van der Waals surface area contributed by atoms with Crippen molar-refractivity contribution in [2.24, 2.45) is 0 Å². The van der Waals surface area contributed by atoms with Crippen molar-refractivity contribution in [3.8, 4) is 28.7 Å². The maximum absolute atomic E-state index is 12.4. The van der Waals surface area contributed by atoms with E-state index < -0.39 is 17.7 Å². The van der Waals surface area contributed by atoms with Crippen LogP contribution in [0.3, 0.4) is 0 Å². The molecule has 124 valence electrons. The molecule has 0 unspecified atom stereocenters. The number of hydrogen-bond donors (Lipinski definition) is 2. The first-order valence-electron chi connectivity index (χ1n) is 7.02. The average Bonchev–Trinajstić information content (AvgIpc) is 2.63. The Bertz CT molecular complexity index is 883. The molecule has 2 N–H and O–H groups in total. The highest BCUT2D eigenvalue weighted by Crippen LogP contribution is 2.45. The summed E-state index contributed by atoms with van der Waals surface area (Å²) in [4.78, 5) is 23.7. The molecular weight excluding hydrogens is 316 g/mol. The number of carbonyl (C=O) groups is 2. The highest BCUT2D eigenvalue weighted by molar-refractivity contribution is 5.99. The normalized spacial score (nSPS) is 12.4. The van der Waals surface area contributed by atoms with Crippen LogP contribution in [0.2, 0.25) is 0 Å². The van der Waals surface area contributed by atoms with E-state index in [1.807, 2.05) is 0 Å². The average molecular weight is 330 g/mol. The molecule has 2 aromatic rings. The van der Waals surface area contributed by atoms with E-state index in [9.17, 15) is 19.8 Å². The van der Waals surface area contributed by atoms with Crippen molar-refractivity contribution in [1.29, 1.82) is 0 Å². The van der Waals surface area contributed by atoms with E-state index in [-0.39, 0.29) is 33.9 Å². The molecule has 0 fully saturated rings. The number of esters is 1. The lowest BCUT2D eigenvalue weighted by Crippen LogP contribution is -2.09. The van der Waals surface area contributed by atoms with Gasteiger partial charge in [-0.15, -0.1) is 0 Å². The molecule has 0 radical (unpaired) electrons. The molecular formula is C17H14O7. The van der Waals surface area contributed by atoms with Crippen LogP contribution < -0.4 is 14.2 Å². The SMILES string of the molecule is COc1cc(C)c2c(c1)Oc1c(cc(O)c(C(=O)O)c1C)OC2=O. The van der Waals surface area contributed by atoms with E-state index in [1.165, 1.54) is 20.1 Å². The van der Waals surface area contributed by atoms with Gasteiger partial charge in [-0.1, -0.05) is 0 Å². The highest BCUT2D eigenvalue weighted by Gasteiger charge is 2.30. The van der Waals surface area contributed by atoms with E-state index in [1.54, 1.807) is 13.0 Å². The maximum Gasteiger partial charge on any atom is 0.347 e. The second-order valence-corrected chi connectivity index (χ2v) is 5.34. The second-order valence-electron chi connectivity index (χ2n) is 5.34. The molecule has 0 saturated carbocycles. The summed E-state index contributed by atoms with van der Waals surface area (Å²) in [6.07, 6.45) is 0. The lowest BCUT2D eigenvalue weighted by atomic mass is 10.1. The molecule has 1 aliphatic rings. The molecule has 24 heavy (non-hydrogen) atoms. The number of aryl methyl sites for hydroxylation is 1. The number of carboxylic acid groups (broad SMARTS) is 1. The smallest absolute Gasteiger partial charge is 0.347 e. The molecule has 7 nitrogen and oxygen atoms in total. The van der Waals surface area contributed by atoms with Crippen LogP contribution >= 0.6 is 0 Å². The second kappa shape index (κ2) is 5.45. The minimum atomic E-state index is -1.31. The number of hydrogen-bond acceptors (Lipinski definition) is 6. The molecule has 3 rings (SSSR count). The summed E-state index contributed by atoms with van der Waals surface area (Å²) < 4.78 is 16.2. The third kappa shape index (κ3) is 2.30. The number of fused-ring (bicyclic) bond motifs is 2. The van der Waals surface area contributed by atoms with E-state index in [0.717, 1.165) is 6.07 Å². The monoisotopic (exact) mass is 330 g/mol. The molecule has 1 heterocycles. The number of aromatic carboxylic acids is 1. The Morgan fingerprint density at radius 3 is 2.46 bits per heavy atom. The van der Waals surface area contributed by atoms with Crippen molar-refractivity contribution >= 4 is 11.9 Å². The summed E-state index contributed by atoms with van der Waals surface area (Å²) in [5.41, 5.74) is 0.636. The number of phenols is 1. The van der Waals surface area contributed by atoms with E-state index in [2.05, 4.69) is 0 Å². The van der Waals surface area contributed by atoms with Gasteiger partial charge in [0.25, 0.3) is 0 Å². The van der Waals surface area contributed by atoms with Crippen molar-refractivity contribution in [2.45, 2.75) is 13.8 Å². The largest absolute Gasteiger partial charge is 0.507 e. The van der Waals surface area contributed by atoms with Gasteiger partial charge in [0.1, 0.15) is 28.4 Å². The summed E-state index contributed by atoms with van der Waals surface area (Å²) in [5, 5.41) is 19.2. The minimum Gasteiger partial charge on any atom is -0.507 e. The number of benzene rings is 2. The Morgan fingerprint density at radius 1 is 1.12 bits per heavy atom. The Kier molecular flexibility index (Phi) is 3.56. The van der Waals surface area contributed by atoms with Crippen LogP contribution in [-0.2, 0) is 0 Å². The molecule has 1 aliphatic heterocycles. The van der Waals surface area contributed by atoms with Gasteiger partial charge < -0.3 is 24.4 Å². The maximum atomic E-state index is 12.4. The molecule has 0 aromatic heterocycles. The summed E-state index contributed by atoms with van der Waals surface area (Å²) in [6, 6.07) is 4.24. The van der Waals surface area contributed by atoms with Crippen LogP contribution in [0.1, 0.15) is 31.8 Å². The predicted molar refractivity (Wildman–Crippen MR) is 82.6 cm³/mol. The van der Waals surface area contributed by atoms with E-state index in [4.69, 9.17) is 14.2 Å². The zero-order valence-corrected chi connectivity index (χ0v) is 13.2. The summed E-state index contributed by atoms with van der Waals surface area (Å²) in [7, 11) is 1.48. The van der Waals surface area contributed by atoms with Crippen LogP contribution in [0.15, 0.2) is 18.2 Å². The molecule has 7 heteroatoms. The number of rotatable bonds is 2. The van der Waals surface area contributed by atoms with Crippen LogP contribution in [-0.4, -0.2) is 29.3 Å². The van der Waals surface area contributed by atoms with Crippen molar-refractivity contribution in [3.05, 3.63) is 40.5 Å². The molecule has 0 bridgehead atoms. The van der Waals surface area contributed by atoms with Crippen molar-refractivity contribution in [3.63, 3.8) is 0 Å². The molecule has 0 spiro atoms.